The quantitative estimate of drug-likeness (QED) is 0.686. The maximum absolute atomic E-state index is 10.7. The molecule has 0 heterocycles. The first-order valence-corrected chi connectivity index (χ1v) is 4.92. The van der Waals surface area contributed by atoms with E-state index in [1.54, 1.807) is 0 Å². The zero-order valence-corrected chi connectivity index (χ0v) is 8.91. The van der Waals surface area contributed by atoms with Gasteiger partial charge in [0.05, 0.1) is 11.7 Å². The lowest BCUT2D eigenvalue weighted by Gasteiger charge is -2.12. The molecule has 0 radical (unpaired) electrons. The first-order valence-electron chi connectivity index (χ1n) is 4.92. The first-order chi connectivity index (χ1) is 6.67. The summed E-state index contributed by atoms with van der Waals surface area (Å²) in [4.78, 5) is 10.7. The molecule has 0 saturated carbocycles. The second-order valence-corrected chi connectivity index (χ2v) is 3.51. The van der Waals surface area contributed by atoms with Crippen molar-refractivity contribution in [1.29, 1.82) is 0 Å². The van der Waals surface area contributed by atoms with E-state index in [-0.39, 0.29) is 6.10 Å². The fourth-order valence-electron chi connectivity index (χ4n) is 1.25. The molecule has 0 unspecified atom stereocenters. The SMILES string of the molecule is CCc1ccc(C=O)c(OC(C)C)c1. The number of hydrogen-bond donors (Lipinski definition) is 0. The molecule has 1 rings (SSSR count). The Morgan fingerprint density at radius 2 is 2.14 bits per heavy atom. The number of aryl methyl sites for hydroxylation is 1. The number of aldehydes is 1. The normalized spacial score (nSPS) is 10.3. The van der Waals surface area contributed by atoms with Gasteiger partial charge in [0.2, 0.25) is 0 Å². The number of ether oxygens (including phenoxy) is 1. The highest BCUT2D eigenvalue weighted by atomic mass is 16.5. The van der Waals surface area contributed by atoms with Crippen LogP contribution >= 0.6 is 0 Å². The molecule has 14 heavy (non-hydrogen) atoms. The fourth-order valence-corrected chi connectivity index (χ4v) is 1.25. The van der Waals surface area contributed by atoms with E-state index in [0.29, 0.717) is 11.3 Å². The molecule has 0 atom stereocenters. The molecule has 2 nitrogen and oxygen atoms in total. The average molecular weight is 192 g/mol. The largest absolute Gasteiger partial charge is 0.490 e. The van der Waals surface area contributed by atoms with Crippen molar-refractivity contribution in [2.75, 3.05) is 0 Å². The van der Waals surface area contributed by atoms with Crippen LogP contribution in [0.4, 0.5) is 0 Å². The van der Waals surface area contributed by atoms with Crippen molar-refractivity contribution in [3.05, 3.63) is 29.3 Å². The minimum absolute atomic E-state index is 0.0980. The number of rotatable bonds is 4. The molecule has 0 bridgehead atoms. The molecule has 76 valence electrons. The minimum atomic E-state index is 0.0980. The zero-order valence-electron chi connectivity index (χ0n) is 8.91. The Bertz CT molecular complexity index is 316. The third-order valence-electron chi connectivity index (χ3n) is 1.98. The predicted octanol–water partition coefficient (Wildman–Crippen LogP) is 2.85. The second kappa shape index (κ2) is 4.80. The van der Waals surface area contributed by atoms with Gasteiger partial charge >= 0.3 is 0 Å². The minimum Gasteiger partial charge on any atom is -0.490 e. The summed E-state index contributed by atoms with van der Waals surface area (Å²) in [5.41, 5.74) is 1.81. The van der Waals surface area contributed by atoms with Gasteiger partial charge in [0.1, 0.15) is 5.75 Å². The highest BCUT2D eigenvalue weighted by Crippen LogP contribution is 2.20. The fraction of sp³-hybridized carbons (Fsp3) is 0.417. The van der Waals surface area contributed by atoms with E-state index in [9.17, 15) is 4.79 Å². The van der Waals surface area contributed by atoms with Gasteiger partial charge in [-0.1, -0.05) is 13.0 Å². The number of hydrogen-bond acceptors (Lipinski definition) is 2. The van der Waals surface area contributed by atoms with Gasteiger partial charge in [-0.3, -0.25) is 4.79 Å². The molecule has 0 fully saturated rings. The van der Waals surface area contributed by atoms with Gasteiger partial charge in [-0.2, -0.15) is 0 Å². The van der Waals surface area contributed by atoms with E-state index in [4.69, 9.17) is 4.74 Å². The molecular formula is C12H16O2. The summed E-state index contributed by atoms with van der Waals surface area (Å²) in [5, 5.41) is 0. The van der Waals surface area contributed by atoms with Gasteiger partial charge in [-0.05, 0) is 38.0 Å². The molecule has 0 aliphatic rings. The van der Waals surface area contributed by atoms with Gasteiger partial charge in [-0.25, -0.2) is 0 Å². The topological polar surface area (TPSA) is 26.3 Å². The van der Waals surface area contributed by atoms with E-state index >= 15 is 0 Å². The molecule has 0 aliphatic heterocycles. The lowest BCUT2D eigenvalue weighted by molar-refractivity contribution is 0.111. The van der Waals surface area contributed by atoms with Crippen LogP contribution in [0.15, 0.2) is 18.2 Å². The van der Waals surface area contributed by atoms with Crippen LogP contribution in [0.1, 0.15) is 36.7 Å². The van der Waals surface area contributed by atoms with E-state index < -0.39 is 0 Å². The molecular weight excluding hydrogens is 176 g/mol. The molecule has 0 N–H and O–H groups in total. The van der Waals surface area contributed by atoms with Crippen molar-refractivity contribution in [3.8, 4) is 5.75 Å². The monoisotopic (exact) mass is 192 g/mol. The molecule has 0 saturated heterocycles. The molecule has 0 spiro atoms. The van der Waals surface area contributed by atoms with E-state index in [1.165, 1.54) is 5.56 Å². The van der Waals surface area contributed by atoms with Crippen LogP contribution in [0, 0.1) is 0 Å². The summed E-state index contributed by atoms with van der Waals surface area (Å²) in [6.07, 6.45) is 1.88. The standard InChI is InChI=1S/C12H16O2/c1-4-10-5-6-11(8-13)12(7-10)14-9(2)3/h5-9H,4H2,1-3H3. The molecule has 0 amide bonds. The van der Waals surface area contributed by atoms with Crippen molar-refractivity contribution < 1.29 is 9.53 Å². The average Bonchev–Trinajstić information content (AvgIpc) is 2.16. The van der Waals surface area contributed by atoms with Crippen molar-refractivity contribution in [2.45, 2.75) is 33.3 Å². The van der Waals surface area contributed by atoms with Gasteiger partial charge in [0.15, 0.2) is 6.29 Å². The van der Waals surface area contributed by atoms with Crippen LogP contribution < -0.4 is 4.74 Å². The third kappa shape index (κ3) is 2.59. The Hall–Kier alpha value is -1.31. The maximum atomic E-state index is 10.7. The van der Waals surface area contributed by atoms with Crippen molar-refractivity contribution in [2.24, 2.45) is 0 Å². The predicted molar refractivity (Wildman–Crippen MR) is 57.0 cm³/mol. The summed E-state index contributed by atoms with van der Waals surface area (Å²) >= 11 is 0. The molecule has 1 aromatic rings. The van der Waals surface area contributed by atoms with Crippen molar-refractivity contribution in [1.82, 2.24) is 0 Å². The summed E-state index contributed by atoms with van der Waals surface area (Å²) in [6.45, 7) is 5.98. The van der Waals surface area contributed by atoms with Gasteiger partial charge in [0.25, 0.3) is 0 Å². The Kier molecular flexibility index (Phi) is 3.69. The van der Waals surface area contributed by atoms with Crippen LogP contribution in [0.25, 0.3) is 0 Å². The van der Waals surface area contributed by atoms with Gasteiger partial charge in [0, 0.05) is 0 Å². The smallest absolute Gasteiger partial charge is 0.153 e. The highest BCUT2D eigenvalue weighted by Gasteiger charge is 2.05. The van der Waals surface area contributed by atoms with E-state index in [1.807, 2.05) is 32.0 Å². The molecule has 2 heteroatoms. The van der Waals surface area contributed by atoms with Crippen molar-refractivity contribution >= 4 is 6.29 Å². The van der Waals surface area contributed by atoms with Crippen LogP contribution in [-0.4, -0.2) is 12.4 Å². The van der Waals surface area contributed by atoms with E-state index in [0.717, 1.165) is 12.7 Å². The third-order valence-corrected chi connectivity index (χ3v) is 1.98. The molecule has 0 aliphatic carbocycles. The van der Waals surface area contributed by atoms with Crippen LogP contribution in [0.5, 0.6) is 5.75 Å². The van der Waals surface area contributed by atoms with E-state index in [2.05, 4.69) is 6.92 Å². The lowest BCUT2D eigenvalue weighted by atomic mass is 10.1. The lowest BCUT2D eigenvalue weighted by Crippen LogP contribution is -2.07. The Labute approximate surface area is 84.9 Å². The number of benzene rings is 1. The summed E-state index contributed by atoms with van der Waals surface area (Å²) < 4.78 is 5.55. The van der Waals surface area contributed by atoms with Crippen molar-refractivity contribution in [3.63, 3.8) is 0 Å². The zero-order chi connectivity index (χ0) is 10.6. The highest BCUT2D eigenvalue weighted by molar-refractivity contribution is 5.79. The molecule has 1 aromatic carbocycles. The van der Waals surface area contributed by atoms with Gasteiger partial charge < -0.3 is 4.74 Å². The Balaban J connectivity index is 3.01. The van der Waals surface area contributed by atoms with Crippen LogP contribution in [0.2, 0.25) is 0 Å². The number of carbonyl (C=O) groups is 1. The first kappa shape index (κ1) is 10.8. The molecule has 0 aromatic heterocycles. The van der Waals surface area contributed by atoms with Crippen LogP contribution in [-0.2, 0) is 6.42 Å². The van der Waals surface area contributed by atoms with Crippen LogP contribution in [0.3, 0.4) is 0 Å². The summed E-state index contributed by atoms with van der Waals surface area (Å²) in [6, 6.07) is 5.70. The summed E-state index contributed by atoms with van der Waals surface area (Å²) in [5.74, 6) is 0.689. The Morgan fingerprint density at radius 3 is 2.64 bits per heavy atom. The van der Waals surface area contributed by atoms with Gasteiger partial charge in [-0.15, -0.1) is 0 Å². The number of carbonyl (C=O) groups excluding carboxylic acids is 1. The Morgan fingerprint density at radius 1 is 1.43 bits per heavy atom. The summed E-state index contributed by atoms with van der Waals surface area (Å²) in [7, 11) is 0. The maximum Gasteiger partial charge on any atom is 0.153 e. The second-order valence-electron chi connectivity index (χ2n) is 3.51.